The highest BCUT2D eigenvalue weighted by molar-refractivity contribution is 5.27. The maximum Gasteiger partial charge on any atom is 0.387 e. The lowest BCUT2D eigenvalue weighted by molar-refractivity contribution is -0.0498. The summed E-state index contributed by atoms with van der Waals surface area (Å²) >= 11 is 0. The van der Waals surface area contributed by atoms with Crippen molar-refractivity contribution >= 4 is 0 Å². The lowest BCUT2D eigenvalue weighted by Crippen LogP contribution is -2.01. The number of hydrogen-bond acceptors (Lipinski definition) is 2. The zero-order chi connectivity index (χ0) is 10.4. The van der Waals surface area contributed by atoms with Gasteiger partial charge in [0.1, 0.15) is 5.75 Å². The molecule has 0 amide bonds. The molecule has 0 N–H and O–H groups in total. The summed E-state index contributed by atoms with van der Waals surface area (Å²) in [5.74, 6) is 0.0877. The van der Waals surface area contributed by atoms with Gasteiger partial charge in [0.05, 0.1) is 6.54 Å². The highest BCUT2D eigenvalue weighted by Crippen LogP contribution is 2.15. The van der Waals surface area contributed by atoms with Crippen LogP contribution in [0.5, 0.6) is 5.75 Å². The molecule has 1 aromatic carbocycles. The predicted octanol–water partition coefficient (Wildman–Crippen LogP) is 3.10. The Kier molecular flexibility index (Phi) is 3.69. The second-order valence-electron chi connectivity index (χ2n) is 2.41. The number of hydrogen-bond donors (Lipinski definition) is 0. The molecule has 0 aliphatic rings. The highest BCUT2D eigenvalue weighted by atomic mass is 19.3. The standard InChI is InChI=1S/C8H7F2N3O/c9-8(10)14-7-3-1-6(2-4-7)5-12-13-11/h1-4,8H,5H2. The smallest absolute Gasteiger partial charge is 0.387 e. The first-order valence-electron chi connectivity index (χ1n) is 3.77. The number of ether oxygens (including phenoxy) is 1. The maximum absolute atomic E-state index is 11.7. The van der Waals surface area contributed by atoms with Crippen LogP contribution >= 0.6 is 0 Å². The quantitative estimate of drug-likeness (QED) is 0.417. The molecule has 1 aromatic rings. The van der Waals surface area contributed by atoms with E-state index in [-0.39, 0.29) is 12.3 Å². The Balaban J connectivity index is 2.63. The van der Waals surface area contributed by atoms with E-state index in [9.17, 15) is 8.78 Å². The normalized spacial score (nSPS) is 9.64. The van der Waals surface area contributed by atoms with Crippen molar-refractivity contribution in [3.8, 4) is 5.75 Å². The third-order valence-electron chi connectivity index (χ3n) is 1.47. The molecule has 0 fully saturated rings. The zero-order valence-electron chi connectivity index (χ0n) is 7.10. The van der Waals surface area contributed by atoms with Crippen LogP contribution in [0.2, 0.25) is 0 Å². The second kappa shape index (κ2) is 5.04. The Morgan fingerprint density at radius 1 is 1.36 bits per heavy atom. The summed E-state index contributed by atoms with van der Waals surface area (Å²) < 4.78 is 27.6. The monoisotopic (exact) mass is 199 g/mol. The van der Waals surface area contributed by atoms with Gasteiger partial charge in [0.25, 0.3) is 0 Å². The number of rotatable bonds is 4. The minimum Gasteiger partial charge on any atom is -0.435 e. The fraction of sp³-hybridized carbons (Fsp3) is 0.250. The molecule has 4 nitrogen and oxygen atoms in total. The van der Waals surface area contributed by atoms with E-state index < -0.39 is 6.61 Å². The van der Waals surface area contributed by atoms with E-state index in [1.165, 1.54) is 12.1 Å². The van der Waals surface area contributed by atoms with Crippen molar-refractivity contribution in [1.29, 1.82) is 0 Å². The van der Waals surface area contributed by atoms with Crippen LogP contribution in [0.4, 0.5) is 8.78 Å². The number of azide groups is 1. The molecule has 1 rings (SSSR count). The van der Waals surface area contributed by atoms with Crippen molar-refractivity contribution in [2.45, 2.75) is 13.2 Å². The van der Waals surface area contributed by atoms with E-state index >= 15 is 0 Å². The molecule has 6 heteroatoms. The minimum atomic E-state index is -2.82. The second-order valence-corrected chi connectivity index (χ2v) is 2.41. The molecule has 0 aliphatic carbocycles. The first kappa shape index (κ1) is 10.3. The van der Waals surface area contributed by atoms with Gasteiger partial charge < -0.3 is 4.74 Å². The molecule has 0 unspecified atom stereocenters. The fourth-order valence-electron chi connectivity index (χ4n) is 0.890. The van der Waals surface area contributed by atoms with E-state index in [1.807, 2.05) is 0 Å². The SMILES string of the molecule is [N-]=[N+]=NCc1ccc(OC(F)F)cc1. The van der Waals surface area contributed by atoms with Crippen molar-refractivity contribution in [2.24, 2.45) is 5.11 Å². The molecule has 14 heavy (non-hydrogen) atoms. The van der Waals surface area contributed by atoms with Gasteiger partial charge in [-0.05, 0) is 23.2 Å². The fourth-order valence-corrected chi connectivity index (χ4v) is 0.890. The number of nitrogens with zero attached hydrogens (tertiary/aromatic N) is 3. The summed E-state index contributed by atoms with van der Waals surface area (Å²) in [4.78, 5) is 2.58. The summed E-state index contributed by atoms with van der Waals surface area (Å²) in [5, 5.41) is 3.32. The van der Waals surface area contributed by atoms with Crippen LogP contribution in [-0.4, -0.2) is 6.61 Å². The molecule has 0 aromatic heterocycles. The van der Waals surface area contributed by atoms with Crippen LogP contribution in [0.3, 0.4) is 0 Å². The van der Waals surface area contributed by atoms with E-state index in [2.05, 4.69) is 14.8 Å². The van der Waals surface area contributed by atoms with Crippen molar-refractivity contribution in [1.82, 2.24) is 0 Å². The molecule has 0 bridgehead atoms. The Morgan fingerprint density at radius 2 is 2.00 bits per heavy atom. The summed E-state index contributed by atoms with van der Waals surface area (Å²) in [7, 11) is 0. The first-order chi connectivity index (χ1) is 6.72. The summed E-state index contributed by atoms with van der Waals surface area (Å²) in [6.07, 6.45) is 0. The van der Waals surface area contributed by atoms with Crippen LogP contribution in [-0.2, 0) is 6.54 Å². The topological polar surface area (TPSA) is 58.0 Å². The van der Waals surface area contributed by atoms with Gasteiger partial charge in [-0.1, -0.05) is 17.2 Å². The number of benzene rings is 1. The lowest BCUT2D eigenvalue weighted by atomic mass is 10.2. The van der Waals surface area contributed by atoms with Gasteiger partial charge in [-0.2, -0.15) is 8.78 Å². The van der Waals surface area contributed by atoms with Crippen molar-refractivity contribution in [2.75, 3.05) is 0 Å². The average molecular weight is 199 g/mol. The van der Waals surface area contributed by atoms with Crippen molar-refractivity contribution in [3.63, 3.8) is 0 Å². The van der Waals surface area contributed by atoms with Gasteiger partial charge in [0.2, 0.25) is 0 Å². The molecule has 0 radical (unpaired) electrons. The summed E-state index contributed by atoms with van der Waals surface area (Å²) in [5.41, 5.74) is 8.78. The van der Waals surface area contributed by atoms with Crippen LogP contribution in [0.25, 0.3) is 10.4 Å². The molecule has 0 saturated heterocycles. The van der Waals surface area contributed by atoms with E-state index in [0.717, 1.165) is 5.56 Å². The van der Waals surface area contributed by atoms with Gasteiger partial charge >= 0.3 is 6.61 Å². The van der Waals surface area contributed by atoms with E-state index in [4.69, 9.17) is 5.53 Å². The third-order valence-corrected chi connectivity index (χ3v) is 1.47. The van der Waals surface area contributed by atoms with Gasteiger partial charge in [0, 0.05) is 4.91 Å². The van der Waals surface area contributed by atoms with Crippen LogP contribution in [0.15, 0.2) is 29.4 Å². The molecule has 0 heterocycles. The Hall–Kier alpha value is -1.81. The average Bonchev–Trinajstić information content (AvgIpc) is 2.16. The predicted molar refractivity (Wildman–Crippen MR) is 45.9 cm³/mol. The van der Waals surface area contributed by atoms with E-state index in [0.29, 0.717) is 0 Å². The van der Waals surface area contributed by atoms with Gasteiger partial charge in [-0.25, -0.2) is 0 Å². The molecule has 0 aliphatic heterocycles. The summed E-state index contributed by atoms with van der Waals surface area (Å²) in [6, 6.07) is 5.92. The lowest BCUT2D eigenvalue weighted by Gasteiger charge is -2.03. The molecular formula is C8H7F2N3O. The van der Waals surface area contributed by atoms with Crippen LogP contribution in [0.1, 0.15) is 5.56 Å². The minimum absolute atomic E-state index is 0.0877. The molecule has 0 atom stereocenters. The highest BCUT2D eigenvalue weighted by Gasteiger charge is 2.02. The molecule has 74 valence electrons. The van der Waals surface area contributed by atoms with Crippen molar-refractivity contribution in [3.05, 3.63) is 40.3 Å². The van der Waals surface area contributed by atoms with Crippen LogP contribution in [0, 0.1) is 0 Å². The van der Waals surface area contributed by atoms with Gasteiger partial charge in [-0.3, -0.25) is 0 Å². The Morgan fingerprint density at radius 3 is 2.50 bits per heavy atom. The maximum atomic E-state index is 11.7. The van der Waals surface area contributed by atoms with Gasteiger partial charge in [-0.15, -0.1) is 0 Å². The number of halogens is 2. The summed E-state index contributed by atoms with van der Waals surface area (Å²) in [6.45, 7) is -2.62. The van der Waals surface area contributed by atoms with Crippen LogP contribution < -0.4 is 4.74 Å². The molecular weight excluding hydrogens is 192 g/mol. The van der Waals surface area contributed by atoms with E-state index in [1.54, 1.807) is 12.1 Å². The first-order valence-corrected chi connectivity index (χ1v) is 3.77. The van der Waals surface area contributed by atoms with Gasteiger partial charge in [0.15, 0.2) is 0 Å². The number of alkyl halides is 2. The Bertz CT molecular complexity index is 333. The van der Waals surface area contributed by atoms with Crippen molar-refractivity contribution < 1.29 is 13.5 Å². The largest absolute Gasteiger partial charge is 0.435 e. The molecule has 0 saturated carbocycles. The third kappa shape index (κ3) is 3.28. The Labute approximate surface area is 78.7 Å². The zero-order valence-corrected chi connectivity index (χ0v) is 7.10. The molecule has 0 spiro atoms.